The number of piperazine rings is 1. The molecule has 8 nitrogen and oxygen atoms in total. The number of hydrogen-bond donors (Lipinski definition) is 2. The molecule has 0 aliphatic carbocycles. The van der Waals surface area contributed by atoms with Gasteiger partial charge in [-0.3, -0.25) is 9.59 Å². The summed E-state index contributed by atoms with van der Waals surface area (Å²) in [5.74, 6) is -1.37. The Bertz CT molecular complexity index is 1320. The van der Waals surface area contributed by atoms with Crippen molar-refractivity contribution >= 4 is 17.8 Å². The highest BCUT2D eigenvalue weighted by atomic mass is 19.4. The number of benzene rings is 2. The molecule has 3 N–H and O–H groups in total. The molecule has 0 aromatic heterocycles. The molecule has 2 aliphatic rings. The minimum atomic E-state index is -5.05. The average Bonchev–Trinajstić information content (AvgIpc) is 2.94. The number of nitrogens with two attached hydrogens (primary N) is 1. The van der Waals surface area contributed by atoms with Crippen LogP contribution in [0.5, 0.6) is 0 Å². The van der Waals surface area contributed by atoms with Gasteiger partial charge in [0.2, 0.25) is 11.8 Å². The van der Waals surface area contributed by atoms with Crippen LogP contribution in [0.3, 0.4) is 0 Å². The second-order valence-electron chi connectivity index (χ2n) is 10.4. The highest BCUT2D eigenvalue weighted by molar-refractivity contribution is 5.91. The van der Waals surface area contributed by atoms with Gasteiger partial charge in [-0.1, -0.05) is 18.2 Å². The predicted molar refractivity (Wildman–Crippen MR) is 139 cm³/mol. The first-order chi connectivity index (χ1) is 20.2. The van der Waals surface area contributed by atoms with Crippen molar-refractivity contribution in [2.24, 2.45) is 5.73 Å². The van der Waals surface area contributed by atoms with Crippen LogP contribution in [0, 0.1) is 5.82 Å². The molecule has 0 saturated carbocycles. The third-order valence-corrected chi connectivity index (χ3v) is 7.45. The number of alkyl halides is 6. The summed E-state index contributed by atoms with van der Waals surface area (Å²) in [7, 11) is 0. The number of carbonyl (C=O) groups excluding carboxylic acids is 3. The highest BCUT2D eigenvalue weighted by Gasteiger charge is 2.48. The molecule has 2 aromatic carbocycles. The molecule has 2 heterocycles. The molecule has 1 unspecified atom stereocenters. The van der Waals surface area contributed by atoms with Crippen LogP contribution in [-0.2, 0) is 35.0 Å². The van der Waals surface area contributed by atoms with Crippen LogP contribution in [0.15, 0.2) is 42.5 Å². The van der Waals surface area contributed by atoms with Gasteiger partial charge in [-0.15, -0.1) is 0 Å². The number of hydrogen-bond acceptors (Lipinski definition) is 4. The van der Waals surface area contributed by atoms with E-state index >= 15 is 0 Å². The number of amides is 4. The molecule has 4 amide bonds. The van der Waals surface area contributed by atoms with Gasteiger partial charge in [0, 0.05) is 31.6 Å². The summed E-state index contributed by atoms with van der Waals surface area (Å²) in [4.78, 5) is 43.7. The number of rotatable bonds is 8. The van der Waals surface area contributed by atoms with Gasteiger partial charge in [-0.2, -0.15) is 26.3 Å². The van der Waals surface area contributed by atoms with E-state index in [1.165, 1.54) is 32.9 Å². The monoisotopic (exact) mass is 617 g/mol. The van der Waals surface area contributed by atoms with Crippen LogP contribution in [-0.4, -0.2) is 64.4 Å². The third-order valence-electron chi connectivity index (χ3n) is 7.45. The maximum Gasteiger partial charge on any atom is 0.416 e. The van der Waals surface area contributed by atoms with Crippen molar-refractivity contribution in [2.45, 2.75) is 63.3 Å². The highest BCUT2D eigenvalue weighted by Crippen LogP contribution is 2.36. The topological polar surface area (TPSA) is 99.0 Å². The maximum atomic E-state index is 14.5. The van der Waals surface area contributed by atoms with Crippen LogP contribution >= 0.6 is 0 Å². The summed E-state index contributed by atoms with van der Waals surface area (Å²) in [6.45, 7) is -0.754. The van der Waals surface area contributed by atoms with E-state index in [4.69, 9.17) is 5.73 Å². The van der Waals surface area contributed by atoms with E-state index in [2.05, 4.69) is 5.32 Å². The quantitative estimate of drug-likeness (QED) is 0.338. The molecule has 2 saturated heterocycles. The average molecular weight is 618 g/mol. The molecule has 2 atom stereocenters. The summed E-state index contributed by atoms with van der Waals surface area (Å²) in [6.07, 6.45) is -9.98. The Balaban J connectivity index is 1.59. The molecule has 0 spiro atoms. The molecular formula is C28H30F7N5O3. The van der Waals surface area contributed by atoms with E-state index in [0.29, 0.717) is 31.5 Å². The zero-order valence-electron chi connectivity index (χ0n) is 22.8. The molecule has 2 aromatic rings. The molecular weight excluding hydrogens is 587 g/mol. The van der Waals surface area contributed by atoms with E-state index in [-0.39, 0.29) is 44.1 Å². The minimum Gasteiger partial charge on any atom is -0.334 e. The zero-order chi connectivity index (χ0) is 31.5. The van der Waals surface area contributed by atoms with Crippen molar-refractivity contribution in [1.82, 2.24) is 20.0 Å². The normalized spacial score (nSPS) is 19.5. The van der Waals surface area contributed by atoms with E-state index in [0.717, 1.165) is 0 Å². The molecule has 2 aliphatic heterocycles. The number of nitrogens with zero attached hydrogens (tertiary/aromatic N) is 3. The van der Waals surface area contributed by atoms with Crippen LogP contribution in [0.1, 0.15) is 47.9 Å². The Morgan fingerprint density at radius 1 is 0.977 bits per heavy atom. The molecule has 234 valence electrons. The predicted octanol–water partition coefficient (Wildman–Crippen LogP) is 4.47. The lowest BCUT2D eigenvalue weighted by molar-refractivity contribution is -0.167. The summed E-state index contributed by atoms with van der Waals surface area (Å²) in [5, 5.41) is 2.36. The SMILES string of the molecule is NCCCC[C@H]1C(=O)N(Cc2ccccc2F)CC2N(C(=O)NCc3cc(C(F)(F)F)cc(C(F)(F)F)c3)CCC(=O)N21. The largest absolute Gasteiger partial charge is 0.416 e. The Morgan fingerprint density at radius 2 is 1.63 bits per heavy atom. The number of unbranched alkanes of at least 4 members (excludes halogenated alkanes) is 1. The van der Waals surface area contributed by atoms with E-state index in [9.17, 15) is 45.1 Å². The molecule has 2 fully saturated rings. The second-order valence-corrected chi connectivity index (χ2v) is 10.4. The van der Waals surface area contributed by atoms with Crippen molar-refractivity contribution < 1.29 is 45.1 Å². The lowest BCUT2D eigenvalue weighted by Crippen LogP contribution is -2.71. The van der Waals surface area contributed by atoms with Crippen LogP contribution < -0.4 is 11.1 Å². The van der Waals surface area contributed by atoms with Gasteiger partial charge in [0.15, 0.2) is 0 Å². The van der Waals surface area contributed by atoms with Crippen molar-refractivity contribution in [1.29, 1.82) is 0 Å². The number of carbonyl (C=O) groups is 3. The lowest BCUT2D eigenvalue weighted by atomic mass is 9.98. The third kappa shape index (κ3) is 7.37. The fourth-order valence-electron chi connectivity index (χ4n) is 5.35. The number of fused-ring (bicyclic) bond motifs is 1. The molecule has 0 radical (unpaired) electrons. The summed E-state index contributed by atoms with van der Waals surface area (Å²) >= 11 is 0. The first-order valence-corrected chi connectivity index (χ1v) is 13.6. The van der Waals surface area contributed by atoms with Crippen LogP contribution in [0.4, 0.5) is 35.5 Å². The number of halogens is 7. The second kappa shape index (κ2) is 12.8. The van der Waals surface area contributed by atoms with E-state index < -0.39 is 71.5 Å². The van der Waals surface area contributed by atoms with Gasteiger partial charge in [0.05, 0.1) is 17.7 Å². The maximum absolute atomic E-state index is 14.5. The minimum absolute atomic E-state index is 0.00650. The molecule has 43 heavy (non-hydrogen) atoms. The van der Waals surface area contributed by atoms with Gasteiger partial charge >= 0.3 is 18.4 Å². The van der Waals surface area contributed by atoms with E-state index in [1.54, 1.807) is 6.07 Å². The molecule has 15 heteroatoms. The van der Waals surface area contributed by atoms with Crippen molar-refractivity contribution in [3.05, 3.63) is 70.5 Å². The van der Waals surface area contributed by atoms with Crippen molar-refractivity contribution in [3.8, 4) is 0 Å². The summed E-state index contributed by atoms with van der Waals surface area (Å²) in [5.41, 5.74) is 2.34. The fourth-order valence-corrected chi connectivity index (χ4v) is 5.35. The smallest absolute Gasteiger partial charge is 0.334 e. The lowest BCUT2D eigenvalue weighted by Gasteiger charge is -2.52. The Kier molecular flexibility index (Phi) is 9.52. The van der Waals surface area contributed by atoms with E-state index in [1.807, 2.05) is 0 Å². The molecule has 0 bridgehead atoms. The van der Waals surface area contributed by atoms with Gasteiger partial charge in [0.25, 0.3) is 0 Å². The Morgan fingerprint density at radius 3 is 2.23 bits per heavy atom. The molecule has 4 rings (SSSR count). The first-order valence-electron chi connectivity index (χ1n) is 13.6. The summed E-state index contributed by atoms with van der Waals surface area (Å²) < 4.78 is 94.1. The number of nitrogens with one attached hydrogen (secondary N) is 1. The van der Waals surface area contributed by atoms with Gasteiger partial charge in [-0.05, 0) is 55.6 Å². The first kappa shape index (κ1) is 32.0. The van der Waals surface area contributed by atoms with Crippen LogP contribution in [0.2, 0.25) is 0 Å². The van der Waals surface area contributed by atoms with Crippen molar-refractivity contribution in [2.75, 3.05) is 19.6 Å². The number of urea groups is 1. The van der Waals surface area contributed by atoms with Gasteiger partial charge in [-0.25, -0.2) is 9.18 Å². The summed E-state index contributed by atoms with van der Waals surface area (Å²) in [6, 6.07) is 5.02. The zero-order valence-corrected chi connectivity index (χ0v) is 22.8. The van der Waals surface area contributed by atoms with Gasteiger partial charge in [0.1, 0.15) is 18.0 Å². The van der Waals surface area contributed by atoms with Crippen molar-refractivity contribution in [3.63, 3.8) is 0 Å². The van der Waals surface area contributed by atoms with Gasteiger partial charge < -0.3 is 25.8 Å². The van der Waals surface area contributed by atoms with Crippen LogP contribution in [0.25, 0.3) is 0 Å². The standard InChI is InChI=1S/C28H30F7N5O3/c29-21-6-2-1-5-18(21)15-38-16-23-39(10-8-24(41)40(23)22(25(38)42)7-3-4-9-36)26(43)37-14-17-11-19(27(30,31)32)13-20(12-17)28(33,34)35/h1-2,5-6,11-13,22-23H,3-4,7-10,14-16,36H2,(H,37,43)/t22-,23?/m0/s1. The fraction of sp³-hybridized carbons (Fsp3) is 0.464. The Hall–Kier alpha value is -3.88. The Labute approximate surface area is 242 Å².